The molecule has 1 aliphatic rings. The van der Waals surface area contributed by atoms with E-state index in [0.717, 1.165) is 58.3 Å². The Hall–Kier alpha value is -0.380. The molecule has 0 amide bonds. The van der Waals surface area contributed by atoms with E-state index < -0.39 is 0 Å². The Bertz CT molecular complexity index is 446. The summed E-state index contributed by atoms with van der Waals surface area (Å²) in [4.78, 5) is 8.09. The van der Waals surface area contributed by atoms with Crippen LogP contribution in [0.4, 0.5) is 0 Å². The summed E-state index contributed by atoms with van der Waals surface area (Å²) in [5, 5.41) is 6.73. The van der Waals surface area contributed by atoms with Crippen LogP contribution in [-0.2, 0) is 11.2 Å². The molecule has 2 heterocycles. The quantitative estimate of drug-likeness (QED) is 0.414. The summed E-state index contributed by atoms with van der Waals surface area (Å²) in [7, 11) is 1.82. The van der Waals surface area contributed by atoms with Crippen molar-refractivity contribution in [1.82, 2.24) is 15.5 Å². The molecule has 0 radical (unpaired) electrons. The van der Waals surface area contributed by atoms with E-state index in [1.54, 1.807) is 0 Å². The van der Waals surface area contributed by atoms with Crippen LogP contribution in [-0.4, -0.2) is 63.8 Å². The van der Waals surface area contributed by atoms with E-state index in [1.165, 1.54) is 7.76 Å². The van der Waals surface area contributed by atoms with Crippen LogP contribution in [0.25, 0.3) is 0 Å². The number of morpholine rings is 1. The number of guanidine groups is 1. The van der Waals surface area contributed by atoms with Gasteiger partial charge in [0.1, 0.15) is 0 Å². The van der Waals surface area contributed by atoms with Gasteiger partial charge in [0.05, 0.1) is 16.1 Å². The summed E-state index contributed by atoms with van der Waals surface area (Å²) in [6, 6.07) is 4.36. The van der Waals surface area contributed by atoms with Crippen molar-refractivity contribution in [1.29, 1.82) is 0 Å². The lowest BCUT2D eigenvalue weighted by Crippen LogP contribution is -2.44. The third kappa shape index (κ3) is 6.50. The van der Waals surface area contributed by atoms with Gasteiger partial charge in [-0.25, -0.2) is 0 Å². The monoisotopic (exact) mass is 422 g/mol. The molecule has 0 aromatic carbocycles. The molecular formula is C14H23IN4OS. The molecule has 1 fully saturated rings. The van der Waals surface area contributed by atoms with E-state index in [9.17, 15) is 0 Å². The molecule has 1 saturated heterocycles. The molecule has 0 bridgehead atoms. The van der Waals surface area contributed by atoms with Crippen LogP contribution >= 0.6 is 33.9 Å². The number of thiophene rings is 1. The fraction of sp³-hybridized carbons (Fsp3) is 0.643. The Morgan fingerprint density at radius 3 is 2.76 bits per heavy atom. The highest BCUT2D eigenvalue weighted by Gasteiger charge is 2.09. The molecule has 7 heteroatoms. The summed E-state index contributed by atoms with van der Waals surface area (Å²) >= 11 is 4.21. The first-order valence-corrected chi connectivity index (χ1v) is 9.16. The van der Waals surface area contributed by atoms with Crippen molar-refractivity contribution in [2.24, 2.45) is 4.99 Å². The number of nitrogens with zero attached hydrogens (tertiary/aromatic N) is 2. The van der Waals surface area contributed by atoms with Crippen molar-refractivity contribution in [3.8, 4) is 0 Å². The SMILES string of the molecule is CN=C(NCCc1ccc(I)s1)NCCN1CCOCC1. The highest BCUT2D eigenvalue weighted by atomic mass is 127. The molecule has 0 saturated carbocycles. The van der Waals surface area contributed by atoms with Gasteiger partial charge in [-0.05, 0) is 41.1 Å². The second-order valence-electron chi connectivity index (χ2n) is 4.84. The van der Waals surface area contributed by atoms with E-state index in [1.807, 2.05) is 18.4 Å². The molecule has 21 heavy (non-hydrogen) atoms. The molecular weight excluding hydrogens is 399 g/mol. The highest BCUT2D eigenvalue weighted by Crippen LogP contribution is 2.18. The maximum Gasteiger partial charge on any atom is 0.191 e. The van der Waals surface area contributed by atoms with Crippen molar-refractivity contribution in [2.45, 2.75) is 6.42 Å². The third-order valence-corrected chi connectivity index (χ3v) is 5.29. The molecule has 1 aromatic rings. The highest BCUT2D eigenvalue weighted by molar-refractivity contribution is 14.1. The molecule has 2 N–H and O–H groups in total. The molecule has 0 spiro atoms. The van der Waals surface area contributed by atoms with Crippen LogP contribution in [0.5, 0.6) is 0 Å². The summed E-state index contributed by atoms with van der Waals surface area (Å²) in [5.41, 5.74) is 0. The third-order valence-electron chi connectivity index (χ3n) is 3.34. The normalized spacial score (nSPS) is 17.0. The fourth-order valence-corrected chi connectivity index (χ4v) is 3.92. The lowest BCUT2D eigenvalue weighted by atomic mass is 10.3. The van der Waals surface area contributed by atoms with Crippen molar-refractivity contribution >= 4 is 39.9 Å². The topological polar surface area (TPSA) is 48.9 Å². The van der Waals surface area contributed by atoms with Crippen LogP contribution in [0, 0.1) is 2.88 Å². The first-order chi connectivity index (χ1) is 10.3. The van der Waals surface area contributed by atoms with Gasteiger partial charge in [0.15, 0.2) is 5.96 Å². The van der Waals surface area contributed by atoms with Crippen LogP contribution in [0.15, 0.2) is 17.1 Å². The molecule has 0 atom stereocenters. The van der Waals surface area contributed by atoms with Gasteiger partial charge in [-0.3, -0.25) is 9.89 Å². The Morgan fingerprint density at radius 1 is 1.33 bits per heavy atom. The van der Waals surface area contributed by atoms with Crippen molar-refractivity contribution in [2.75, 3.05) is 53.0 Å². The smallest absolute Gasteiger partial charge is 0.191 e. The first kappa shape index (κ1) is 17.0. The number of nitrogens with one attached hydrogen (secondary N) is 2. The molecule has 0 unspecified atom stereocenters. The van der Waals surface area contributed by atoms with Gasteiger partial charge in [0.2, 0.25) is 0 Å². The number of hydrogen-bond donors (Lipinski definition) is 2. The second-order valence-corrected chi connectivity index (χ2v) is 7.90. The Labute approximate surface area is 144 Å². The molecule has 1 aliphatic heterocycles. The molecule has 2 rings (SSSR count). The van der Waals surface area contributed by atoms with Gasteiger partial charge in [-0.2, -0.15) is 0 Å². The van der Waals surface area contributed by atoms with E-state index in [-0.39, 0.29) is 0 Å². The predicted octanol–water partition coefficient (Wildman–Crippen LogP) is 1.39. The minimum absolute atomic E-state index is 0.854. The number of halogens is 1. The first-order valence-electron chi connectivity index (χ1n) is 7.27. The number of ether oxygens (including phenoxy) is 1. The minimum atomic E-state index is 0.854. The maximum atomic E-state index is 5.35. The summed E-state index contributed by atoms with van der Waals surface area (Å²) in [6.45, 7) is 6.63. The summed E-state index contributed by atoms with van der Waals surface area (Å²) in [5.74, 6) is 0.884. The predicted molar refractivity (Wildman–Crippen MR) is 97.4 cm³/mol. The van der Waals surface area contributed by atoms with Crippen molar-refractivity contribution in [3.05, 3.63) is 19.9 Å². The number of hydrogen-bond acceptors (Lipinski definition) is 4. The van der Waals surface area contributed by atoms with Crippen LogP contribution in [0.3, 0.4) is 0 Å². The van der Waals surface area contributed by atoms with Gasteiger partial charge in [-0.1, -0.05) is 0 Å². The van der Waals surface area contributed by atoms with Gasteiger partial charge >= 0.3 is 0 Å². The minimum Gasteiger partial charge on any atom is -0.379 e. The van der Waals surface area contributed by atoms with Crippen LogP contribution in [0.1, 0.15) is 4.88 Å². The van der Waals surface area contributed by atoms with Crippen molar-refractivity contribution < 1.29 is 4.74 Å². The largest absolute Gasteiger partial charge is 0.379 e. The maximum absolute atomic E-state index is 5.35. The van der Waals surface area contributed by atoms with Gasteiger partial charge in [0.25, 0.3) is 0 Å². The van der Waals surface area contributed by atoms with E-state index in [0.29, 0.717) is 0 Å². The van der Waals surface area contributed by atoms with Gasteiger partial charge in [-0.15, -0.1) is 11.3 Å². The zero-order chi connectivity index (χ0) is 14.9. The summed E-state index contributed by atoms with van der Waals surface area (Å²) in [6.07, 6.45) is 1.04. The molecule has 5 nitrogen and oxygen atoms in total. The average molecular weight is 422 g/mol. The molecule has 0 aliphatic carbocycles. The number of rotatable bonds is 6. The second kappa shape index (κ2) is 9.60. The zero-order valence-electron chi connectivity index (χ0n) is 12.4. The van der Waals surface area contributed by atoms with E-state index >= 15 is 0 Å². The molecule has 118 valence electrons. The van der Waals surface area contributed by atoms with E-state index in [2.05, 4.69) is 55.2 Å². The van der Waals surface area contributed by atoms with Crippen LogP contribution in [0.2, 0.25) is 0 Å². The lowest BCUT2D eigenvalue weighted by Gasteiger charge is -2.26. The van der Waals surface area contributed by atoms with Gasteiger partial charge in [0, 0.05) is 44.6 Å². The molecule has 1 aromatic heterocycles. The Morgan fingerprint density at radius 2 is 2.10 bits per heavy atom. The lowest BCUT2D eigenvalue weighted by molar-refractivity contribution is 0.0389. The Balaban J connectivity index is 1.59. The van der Waals surface area contributed by atoms with E-state index in [4.69, 9.17) is 4.74 Å². The summed E-state index contributed by atoms with van der Waals surface area (Å²) < 4.78 is 6.69. The van der Waals surface area contributed by atoms with Crippen molar-refractivity contribution in [3.63, 3.8) is 0 Å². The standard InChI is InChI=1S/C14H23IN4OS/c1-16-14(17-5-4-12-2-3-13(15)21-12)18-6-7-19-8-10-20-11-9-19/h2-3H,4-11H2,1H3,(H2,16,17,18). The fourth-order valence-electron chi connectivity index (χ4n) is 2.17. The van der Waals surface area contributed by atoms with Crippen LogP contribution < -0.4 is 10.6 Å². The zero-order valence-corrected chi connectivity index (χ0v) is 15.4. The Kier molecular flexibility index (Phi) is 7.76. The van der Waals surface area contributed by atoms with Gasteiger partial charge < -0.3 is 15.4 Å². The average Bonchev–Trinajstić information content (AvgIpc) is 2.92. The number of aliphatic imine (C=N–C) groups is 1.